The highest BCUT2D eigenvalue weighted by molar-refractivity contribution is 7.89. The van der Waals surface area contributed by atoms with Crippen molar-refractivity contribution in [3.63, 3.8) is 0 Å². The lowest BCUT2D eigenvalue weighted by Crippen LogP contribution is -2.25. The molecule has 32 heavy (non-hydrogen) atoms. The number of hydrogen-bond donors (Lipinski definition) is 3. The first-order chi connectivity index (χ1) is 15.1. The third-order valence-electron chi connectivity index (χ3n) is 4.37. The van der Waals surface area contributed by atoms with Gasteiger partial charge >= 0.3 is 12.2 Å². The number of thiophene rings is 1. The first-order valence-electron chi connectivity index (χ1n) is 9.51. The number of amides is 2. The van der Waals surface area contributed by atoms with Gasteiger partial charge in [0.15, 0.2) is 0 Å². The van der Waals surface area contributed by atoms with Gasteiger partial charge in [0.25, 0.3) is 0 Å². The molecule has 3 aromatic rings. The summed E-state index contributed by atoms with van der Waals surface area (Å²) < 4.78 is 66.2. The molecule has 0 bridgehead atoms. The van der Waals surface area contributed by atoms with Gasteiger partial charge in [0, 0.05) is 17.8 Å². The largest absolute Gasteiger partial charge is 0.416 e. The first kappa shape index (κ1) is 23.8. The molecule has 6 nitrogen and oxygen atoms in total. The molecule has 0 saturated heterocycles. The normalized spacial score (nSPS) is 11.9. The van der Waals surface area contributed by atoms with Crippen molar-refractivity contribution >= 4 is 38.8 Å². The first-order valence-corrected chi connectivity index (χ1v) is 11.9. The lowest BCUT2D eigenvalue weighted by molar-refractivity contribution is -0.137. The fourth-order valence-electron chi connectivity index (χ4n) is 2.84. The SMILES string of the molecule is CCCNS(=O)(=O)c1ccc(-c2ccsc2)c(NC(=O)Nc2cccc(C(F)(F)F)c2)c1. The molecule has 0 aliphatic carbocycles. The van der Waals surface area contributed by atoms with E-state index < -0.39 is 27.8 Å². The number of sulfonamides is 1. The predicted molar refractivity (Wildman–Crippen MR) is 119 cm³/mol. The zero-order chi connectivity index (χ0) is 23.4. The number of rotatable bonds is 7. The summed E-state index contributed by atoms with van der Waals surface area (Å²) in [6, 6.07) is 9.53. The van der Waals surface area contributed by atoms with Crippen molar-refractivity contribution in [2.45, 2.75) is 24.4 Å². The molecule has 0 fully saturated rings. The number of benzene rings is 2. The monoisotopic (exact) mass is 483 g/mol. The van der Waals surface area contributed by atoms with E-state index >= 15 is 0 Å². The average Bonchev–Trinajstić information content (AvgIpc) is 3.26. The zero-order valence-corrected chi connectivity index (χ0v) is 18.5. The van der Waals surface area contributed by atoms with Crippen molar-refractivity contribution < 1.29 is 26.4 Å². The Morgan fingerprint density at radius 1 is 1.06 bits per heavy atom. The molecule has 3 N–H and O–H groups in total. The number of alkyl halides is 3. The number of nitrogens with one attached hydrogen (secondary N) is 3. The van der Waals surface area contributed by atoms with Gasteiger partial charge in [-0.3, -0.25) is 0 Å². The van der Waals surface area contributed by atoms with Crippen molar-refractivity contribution in [1.82, 2.24) is 4.72 Å². The van der Waals surface area contributed by atoms with Gasteiger partial charge < -0.3 is 10.6 Å². The molecular weight excluding hydrogens is 463 g/mol. The fourth-order valence-corrected chi connectivity index (χ4v) is 4.66. The minimum Gasteiger partial charge on any atom is -0.308 e. The Kier molecular flexibility index (Phi) is 7.22. The van der Waals surface area contributed by atoms with Crippen LogP contribution in [0.4, 0.5) is 29.3 Å². The average molecular weight is 484 g/mol. The Labute approximate surface area is 187 Å². The van der Waals surface area contributed by atoms with Crippen molar-refractivity contribution in [2.24, 2.45) is 0 Å². The molecule has 2 aromatic carbocycles. The minimum absolute atomic E-state index is 0.0423. The number of anilines is 2. The van der Waals surface area contributed by atoms with E-state index in [0.717, 1.165) is 17.7 Å². The number of carbonyl (C=O) groups excluding carboxylic acids is 1. The molecule has 0 radical (unpaired) electrons. The Bertz CT molecular complexity index is 1190. The van der Waals surface area contributed by atoms with Gasteiger partial charge in [0.05, 0.1) is 16.1 Å². The maximum atomic E-state index is 12.9. The van der Waals surface area contributed by atoms with Gasteiger partial charge in [-0.2, -0.15) is 24.5 Å². The third kappa shape index (κ3) is 5.87. The zero-order valence-electron chi connectivity index (χ0n) is 16.9. The van der Waals surface area contributed by atoms with Crippen LogP contribution in [0.1, 0.15) is 18.9 Å². The third-order valence-corrected chi connectivity index (χ3v) is 6.51. The maximum Gasteiger partial charge on any atom is 0.416 e. The highest BCUT2D eigenvalue weighted by atomic mass is 32.2. The molecule has 0 atom stereocenters. The molecule has 0 aliphatic heterocycles. The van der Waals surface area contributed by atoms with E-state index in [-0.39, 0.29) is 22.8 Å². The van der Waals surface area contributed by atoms with Gasteiger partial charge in [-0.1, -0.05) is 19.1 Å². The van der Waals surface area contributed by atoms with Crippen molar-refractivity contribution in [1.29, 1.82) is 0 Å². The Morgan fingerprint density at radius 2 is 1.84 bits per heavy atom. The predicted octanol–water partition coefficient (Wildman–Crippen LogP) is 5.77. The highest BCUT2D eigenvalue weighted by Crippen LogP contribution is 2.33. The number of carbonyl (C=O) groups is 1. The fraction of sp³-hybridized carbons (Fsp3) is 0.190. The van der Waals surface area contributed by atoms with Gasteiger partial charge in [-0.05, 0) is 59.1 Å². The van der Waals surface area contributed by atoms with E-state index in [0.29, 0.717) is 12.0 Å². The second-order valence-electron chi connectivity index (χ2n) is 6.77. The van der Waals surface area contributed by atoms with Crippen LogP contribution >= 0.6 is 11.3 Å². The van der Waals surface area contributed by atoms with Gasteiger partial charge in [-0.25, -0.2) is 17.9 Å². The summed E-state index contributed by atoms with van der Waals surface area (Å²) in [4.78, 5) is 12.5. The summed E-state index contributed by atoms with van der Waals surface area (Å²) in [7, 11) is -3.79. The van der Waals surface area contributed by atoms with E-state index in [9.17, 15) is 26.4 Å². The topological polar surface area (TPSA) is 87.3 Å². The molecule has 2 amide bonds. The highest BCUT2D eigenvalue weighted by Gasteiger charge is 2.30. The Balaban J connectivity index is 1.90. The van der Waals surface area contributed by atoms with Crippen LogP contribution in [0.25, 0.3) is 11.1 Å². The van der Waals surface area contributed by atoms with Crippen LogP contribution in [0.15, 0.2) is 64.2 Å². The second-order valence-corrected chi connectivity index (χ2v) is 9.32. The number of halogens is 3. The van der Waals surface area contributed by atoms with Crippen LogP contribution in [0, 0.1) is 0 Å². The number of urea groups is 1. The van der Waals surface area contributed by atoms with Crippen LogP contribution in [0.5, 0.6) is 0 Å². The summed E-state index contributed by atoms with van der Waals surface area (Å²) >= 11 is 1.42. The van der Waals surface area contributed by atoms with Crippen LogP contribution in [0.3, 0.4) is 0 Å². The number of hydrogen-bond acceptors (Lipinski definition) is 4. The molecule has 11 heteroatoms. The maximum absolute atomic E-state index is 12.9. The van der Waals surface area contributed by atoms with Crippen molar-refractivity contribution in [3.05, 3.63) is 64.9 Å². The van der Waals surface area contributed by atoms with Crippen LogP contribution in [-0.2, 0) is 16.2 Å². The van der Waals surface area contributed by atoms with Gasteiger partial charge in [0.2, 0.25) is 10.0 Å². The minimum atomic E-state index is -4.55. The molecular formula is C21H20F3N3O3S2. The molecule has 0 unspecified atom stereocenters. The summed E-state index contributed by atoms with van der Waals surface area (Å²) in [6.45, 7) is 2.08. The standard InChI is InChI=1S/C21H20F3N3O3S2/c1-2-9-25-32(29,30)17-6-7-18(14-8-10-31-13-14)19(12-17)27-20(28)26-16-5-3-4-15(11-16)21(22,23)24/h3-8,10-13,25H,2,9H2,1H3,(H2,26,27,28). The molecule has 1 heterocycles. The van der Waals surface area contributed by atoms with Crippen molar-refractivity contribution in [2.75, 3.05) is 17.2 Å². The van der Waals surface area contributed by atoms with E-state index in [4.69, 9.17) is 0 Å². The van der Waals surface area contributed by atoms with Crippen LogP contribution in [-0.4, -0.2) is 21.0 Å². The second kappa shape index (κ2) is 9.72. The molecule has 0 saturated carbocycles. The molecule has 170 valence electrons. The van der Waals surface area contributed by atoms with E-state index in [1.807, 2.05) is 17.7 Å². The Morgan fingerprint density at radius 3 is 2.50 bits per heavy atom. The lowest BCUT2D eigenvalue weighted by atomic mass is 10.1. The summed E-state index contributed by atoms with van der Waals surface area (Å²) in [5.74, 6) is 0. The summed E-state index contributed by atoms with van der Waals surface area (Å²) in [5, 5.41) is 8.57. The smallest absolute Gasteiger partial charge is 0.308 e. The van der Waals surface area contributed by atoms with Gasteiger partial charge in [-0.15, -0.1) is 0 Å². The molecule has 3 rings (SSSR count). The molecule has 0 aliphatic rings. The van der Waals surface area contributed by atoms with Crippen LogP contribution < -0.4 is 15.4 Å². The molecule has 1 aromatic heterocycles. The van der Waals surface area contributed by atoms with E-state index in [2.05, 4.69) is 15.4 Å². The molecule has 0 spiro atoms. The Hall–Kier alpha value is -2.89. The quantitative estimate of drug-likeness (QED) is 0.399. The van der Waals surface area contributed by atoms with E-state index in [1.165, 1.54) is 35.6 Å². The van der Waals surface area contributed by atoms with Gasteiger partial charge in [0.1, 0.15) is 0 Å². The summed E-state index contributed by atoms with van der Waals surface area (Å²) in [6.07, 6.45) is -3.94. The van der Waals surface area contributed by atoms with Crippen LogP contribution in [0.2, 0.25) is 0 Å². The van der Waals surface area contributed by atoms with E-state index in [1.54, 1.807) is 12.1 Å². The lowest BCUT2D eigenvalue weighted by Gasteiger charge is -2.15. The van der Waals surface area contributed by atoms with Crippen molar-refractivity contribution in [3.8, 4) is 11.1 Å². The summed E-state index contributed by atoms with van der Waals surface area (Å²) in [5.41, 5.74) is 0.578.